The van der Waals surface area contributed by atoms with Crippen LogP contribution in [0.25, 0.3) is 38.1 Å². The highest BCUT2D eigenvalue weighted by molar-refractivity contribution is 7.15. The third-order valence-corrected chi connectivity index (χ3v) is 15.8. The predicted octanol–water partition coefficient (Wildman–Crippen LogP) is 7.19. The Morgan fingerprint density at radius 3 is 1.94 bits per heavy atom. The molecule has 2 unspecified atom stereocenters. The number of ether oxygens (including phenoxy) is 8. The number of halogens is 1. The molecule has 7 heterocycles. The molecule has 0 spiro atoms. The van der Waals surface area contributed by atoms with Gasteiger partial charge in [-0.3, -0.25) is 38.3 Å². The van der Waals surface area contributed by atoms with E-state index in [1.165, 1.54) is 9.44 Å². The number of pyridine rings is 2. The molecule has 0 bridgehead atoms. The van der Waals surface area contributed by atoms with Crippen LogP contribution in [0.15, 0.2) is 81.3 Å². The SMILES string of the molecule is COc1cc2c(cc1-c1c(C)noc1C)ncc1c2n(C(C)c2ccccn2)c(=O)n1CC(=O)NCCOCCOCCOCCOCCOCCOCCOCCNC(=O)CC1N=C(c2ccc(Cl)cc2)c2c(sc(C)c2C)-n2c(C)nnc21. The second-order valence-corrected chi connectivity index (χ2v) is 21.7. The third kappa shape index (κ3) is 15.2. The van der Waals surface area contributed by atoms with Crippen LogP contribution in [0.5, 0.6) is 5.75 Å². The minimum atomic E-state index is -0.552. The molecule has 9 rings (SSSR count). The number of carbonyl (C=O) groups excluding carboxylic acids is 2. The molecule has 0 fully saturated rings. The van der Waals surface area contributed by atoms with Crippen LogP contribution in [0.2, 0.25) is 5.02 Å². The summed E-state index contributed by atoms with van der Waals surface area (Å²) in [7, 11) is 1.59. The standard InChI is InChI=1S/C60H72ClN11O12S/c1-37-41(5)85-59-54(37)56(43-11-13-44(61)14-12-43)66-49(58-68-67-42(6)72(58)59)34-52(73)63-16-18-77-20-22-79-24-26-81-28-30-83-31-29-82-27-25-80-23-21-78-19-17-64-53(74)36-70-50-35-65-48-32-46(55-38(2)69-84-40(55)4)51(76-7)33-45(48)57(50)71(60(70)75)39(3)47-10-8-9-15-62-47/h8-15,32-33,35,39,49H,16-31,34,36H2,1-7H3,(H,63,73)(H,64,74). The molecule has 6 aromatic heterocycles. The molecule has 2 amide bonds. The molecule has 25 heteroatoms. The summed E-state index contributed by atoms with van der Waals surface area (Å²) in [4.78, 5) is 56.5. The lowest BCUT2D eigenvalue weighted by Crippen LogP contribution is -2.35. The Balaban J connectivity index is 0.584. The molecule has 452 valence electrons. The summed E-state index contributed by atoms with van der Waals surface area (Å²) in [6.07, 6.45) is 3.40. The molecule has 0 radical (unpaired) electrons. The van der Waals surface area contributed by atoms with Crippen LogP contribution in [0, 0.1) is 34.6 Å². The summed E-state index contributed by atoms with van der Waals surface area (Å²) < 4.78 is 55.8. The predicted molar refractivity (Wildman–Crippen MR) is 321 cm³/mol. The lowest BCUT2D eigenvalue weighted by Gasteiger charge is -2.15. The Kier molecular flexibility index (Phi) is 22.1. The van der Waals surface area contributed by atoms with Crippen LogP contribution in [0.1, 0.15) is 75.8 Å². The van der Waals surface area contributed by atoms with Gasteiger partial charge < -0.3 is 53.1 Å². The maximum absolute atomic E-state index is 14.3. The van der Waals surface area contributed by atoms with Crippen LogP contribution >= 0.6 is 22.9 Å². The van der Waals surface area contributed by atoms with Crippen molar-refractivity contribution in [2.45, 2.75) is 66.6 Å². The van der Waals surface area contributed by atoms with Crippen molar-refractivity contribution >= 4 is 62.4 Å². The molecule has 1 aliphatic heterocycles. The summed E-state index contributed by atoms with van der Waals surface area (Å²) in [6, 6.07) is 15.9. The molecule has 0 saturated carbocycles. The first-order chi connectivity index (χ1) is 41.3. The van der Waals surface area contributed by atoms with Gasteiger partial charge in [-0.05, 0) is 83.5 Å². The molecule has 1 aliphatic rings. The first kappa shape index (κ1) is 62.3. The van der Waals surface area contributed by atoms with Crippen molar-refractivity contribution in [2.24, 2.45) is 4.99 Å². The van der Waals surface area contributed by atoms with Gasteiger partial charge in [-0.15, -0.1) is 21.5 Å². The van der Waals surface area contributed by atoms with Crippen LogP contribution in [0.3, 0.4) is 0 Å². The number of nitrogens with one attached hydrogen (secondary N) is 2. The summed E-state index contributed by atoms with van der Waals surface area (Å²) in [5, 5.41) is 21.1. The number of thiophene rings is 1. The van der Waals surface area contributed by atoms with Gasteiger partial charge in [0, 0.05) is 51.3 Å². The van der Waals surface area contributed by atoms with Gasteiger partial charge in [0.1, 0.15) is 34.9 Å². The number of hydrogen-bond acceptors (Lipinski definition) is 19. The maximum Gasteiger partial charge on any atom is 0.330 e. The number of carbonyl (C=O) groups is 2. The monoisotopic (exact) mass is 1210 g/mol. The van der Waals surface area contributed by atoms with E-state index in [2.05, 4.69) is 44.8 Å². The van der Waals surface area contributed by atoms with Gasteiger partial charge in [0.2, 0.25) is 11.8 Å². The normalized spacial score (nSPS) is 13.5. The molecule has 8 aromatic rings. The van der Waals surface area contributed by atoms with Crippen molar-refractivity contribution in [1.82, 2.24) is 49.7 Å². The van der Waals surface area contributed by atoms with E-state index < -0.39 is 12.1 Å². The number of aliphatic imine (C=N–C) groups is 1. The number of fused-ring (bicyclic) bond motifs is 6. The Hall–Kier alpha value is -7.26. The number of nitrogens with zero attached hydrogens (tertiary/aromatic N) is 9. The highest BCUT2D eigenvalue weighted by Crippen LogP contribution is 2.41. The molecule has 2 aromatic carbocycles. The Labute approximate surface area is 500 Å². The van der Waals surface area contributed by atoms with Crippen LogP contribution in [-0.4, -0.2) is 169 Å². The minimum absolute atomic E-state index is 0.0944. The van der Waals surface area contributed by atoms with Crippen molar-refractivity contribution in [2.75, 3.05) is 113 Å². The van der Waals surface area contributed by atoms with Crippen molar-refractivity contribution in [1.29, 1.82) is 0 Å². The minimum Gasteiger partial charge on any atom is -0.496 e. The van der Waals surface area contributed by atoms with Crippen molar-refractivity contribution < 1.29 is 52.0 Å². The molecular weight excluding hydrogens is 1130 g/mol. The highest BCUT2D eigenvalue weighted by atomic mass is 35.5. The van der Waals surface area contributed by atoms with Gasteiger partial charge in [0.05, 0.1) is 157 Å². The highest BCUT2D eigenvalue weighted by Gasteiger charge is 2.33. The molecule has 85 heavy (non-hydrogen) atoms. The topological polar surface area (TPSA) is 254 Å². The fourth-order valence-corrected chi connectivity index (χ4v) is 11.3. The van der Waals surface area contributed by atoms with E-state index in [1.54, 1.807) is 35.4 Å². The van der Waals surface area contributed by atoms with Gasteiger partial charge in [-0.25, -0.2) is 4.79 Å². The Morgan fingerprint density at radius 2 is 1.36 bits per heavy atom. The number of benzene rings is 2. The number of amides is 2. The van der Waals surface area contributed by atoms with E-state index >= 15 is 0 Å². The number of hydrogen-bond donors (Lipinski definition) is 2. The lowest BCUT2D eigenvalue weighted by molar-refractivity contribution is -0.122. The third-order valence-electron chi connectivity index (χ3n) is 14.3. The van der Waals surface area contributed by atoms with Crippen LogP contribution < -0.4 is 21.1 Å². The van der Waals surface area contributed by atoms with Crippen molar-refractivity contribution in [3.8, 4) is 21.9 Å². The zero-order valence-corrected chi connectivity index (χ0v) is 50.5. The molecule has 0 aliphatic carbocycles. The van der Waals surface area contributed by atoms with E-state index in [0.29, 0.717) is 148 Å². The van der Waals surface area contributed by atoms with E-state index in [9.17, 15) is 14.4 Å². The number of aryl methyl sites for hydroxylation is 4. The van der Waals surface area contributed by atoms with E-state index in [0.717, 1.165) is 44.4 Å². The average molecular weight is 1210 g/mol. The van der Waals surface area contributed by atoms with E-state index in [4.69, 9.17) is 64.0 Å². The first-order valence-electron chi connectivity index (χ1n) is 28.2. The van der Waals surface area contributed by atoms with Gasteiger partial charge >= 0.3 is 5.69 Å². The Bertz CT molecular complexity index is 3620. The summed E-state index contributed by atoms with van der Waals surface area (Å²) >= 11 is 7.90. The van der Waals surface area contributed by atoms with E-state index in [-0.39, 0.29) is 43.6 Å². The molecule has 0 saturated heterocycles. The van der Waals surface area contributed by atoms with Crippen molar-refractivity contribution in [3.63, 3.8) is 0 Å². The largest absolute Gasteiger partial charge is 0.496 e. The van der Waals surface area contributed by atoms with Gasteiger partial charge in [0.25, 0.3) is 0 Å². The average Bonchev–Trinajstić information content (AvgIpc) is 2.01. The molecule has 23 nitrogen and oxygen atoms in total. The summed E-state index contributed by atoms with van der Waals surface area (Å²) in [6.45, 7) is 17.4. The van der Waals surface area contributed by atoms with Gasteiger partial charge in [0.15, 0.2) is 5.82 Å². The zero-order chi connectivity index (χ0) is 59.8. The Morgan fingerprint density at radius 1 is 0.753 bits per heavy atom. The number of methoxy groups -OCH3 is 1. The number of aromatic nitrogens is 8. The second kappa shape index (κ2) is 30.2. The first-order valence-corrected chi connectivity index (χ1v) is 29.4. The van der Waals surface area contributed by atoms with Gasteiger partial charge in [-0.1, -0.05) is 35.0 Å². The van der Waals surface area contributed by atoms with Crippen molar-refractivity contribution in [3.05, 3.63) is 133 Å². The fraction of sp³-hybridized carbons (Fsp3) is 0.450. The quantitative estimate of drug-likeness (QED) is 0.0386. The van der Waals surface area contributed by atoms with E-state index in [1.807, 2.05) is 86.9 Å². The molecule has 2 atom stereocenters. The number of imidazole rings is 1. The maximum atomic E-state index is 14.3. The summed E-state index contributed by atoms with van der Waals surface area (Å²) in [5.74, 6) is 2.03. The molecular formula is C60H72ClN11O12S. The zero-order valence-electron chi connectivity index (χ0n) is 48.9. The molecule has 2 N–H and O–H groups in total. The smallest absolute Gasteiger partial charge is 0.330 e. The fourth-order valence-electron chi connectivity index (χ4n) is 10.00. The lowest BCUT2D eigenvalue weighted by atomic mass is 9.99. The summed E-state index contributed by atoms with van der Waals surface area (Å²) in [5.41, 5.74) is 8.15. The van der Waals surface area contributed by atoms with Crippen LogP contribution in [0.4, 0.5) is 0 Å². The van der Waals surface area contributed by atoms with Crippen LogP contribution in [-0.2, 0) is 49.3 Å². The number of rotatable bonds is 33. The second-order valence-electron chi connectivity index (χ2n) is 20.0. The van der Waals surface area contributed by atoms with Gasteiger partial charge in [-0.2, -0.15) is 0 Å².